The van der Waals surface area contributed by atoms with Crippen LogP contribution in [0, 0.1) is 0 Å². The van der Waals surface area contributed by atoms with Gasteiger partial charge in [0.2, 0.25) is 5.91 Å². The largest absolute Gasteiger partial charge is 0.339 e. The van der Waals surface area contributed by atoms with Gasteiger partial charge in [-0.3, -0.25) is 4.79 Å². The molecule has 0 aromatic rings. The van der Waals surface area contributed by atoms with Gasteiger partial charge in [-0.1, -0.05) is 77.2 Å². The molecule has 1 amide bonds. The third-order valence-corrected chi connectivity index (χ3v) is 5.61. The summed E-state index contributed by atoms with van der Waals surface area (Å²) in [4.78, 5) is 19.0. The fourth-order valence-electron chi connectivity index (χ4n) is 3.70. The Hall–Kier alpha value is -0.870. The highest BCUT2D eigenvalue weighted by atomic mass is 16.2. The Morgan fingerprint density at radius 1 is 0.600 bits per heavy atom. The van der Waals surface area contributed by atoms with Crippen molar-refractivity contribution in [2.45, 2.75) is 96.8 Å². The van der Waals surface area contributed by atoms with Crippen LogP contribution >= 0.6 is 0 Å². The molecule has 0 N–H and O–H groups in total. The summed E-state index contributed by atoms with van der Waals surface area (Å²) in [5.41, 5.74) is 0. The van der Waals surface area contributed by atoms with Gasteiger partial charge in [-0.05, 0) is 73.0 Å². The summed E-state index contributed by atoms with van der Waals surface area (Å²) in [6.45, 7) is 6.04. The van der Waals surface area contributed by atoms with E-state index in [0.29, 0.717) is 0 Å². The van der Waals surface area contributed by atoms with Crippen LogP contribution in [-0.4, -0.2) is 75.0 Å². The van der Waals surface area contributed by atoms with E-state index in [1.54, 1.807) is 0 Å². The van der Waals surface area contributed by atoms with E-state index in [1.807, 2.05) is 11.0 Å². The second-order valence-electron chi connectivity index (χ2n) is 9.37. The minimum Gasteiger partial charge on any atom is -0.339 e. The van der Waals surface area contributed by atoms with Gasteiger partial charge in [0, 0.05) is 13.1 Å². The van der Waals surface area contributed by atoms with Crippen LogP contribution in [0.25, 0.3) is 0 Å². The lowest BCUT2D eigenvalue weighted by atomic mass is 10.1. The average molecular weight is 424 g/mol. The van der Waals surface area contributed by atoms with Crippen LogP contribution in [0.15, 0.2) is 12.2 Å². The molecule has 0 atom stereocenters. The molecule has 178 valence electrons. The van der Waals surface area contributed by atoms with E-state index in [4.69, 9.17) is 0 Å². The number of hydrogen-bond donors (Lipinski definition) is 0. The first-order chi connectivity index (χ1) is 14.5. The number of amides is 1. The molecule has 0 radical (unpaired) electrons. The Bertz CT molecular complexity index is 393. The van der Waals surface area contributed by atoms with Crippen LogP contribution in [0.5, 0.6) is 0 Å². The molecular weight excluding hydrogens is 370 g/mol. The van der Waals surface area contributed by atoms with Gasteiger partial charge in [-0.2, -0.15) is 0 Å². The molecule has 0 heterocycles. The molecule has 0 aliphatic heterocycles. The first-order valence-electron chi connectivity index (χ1n) is 12.7. The topological polar surface area (TPSA) is 26.8 Å². The predicted octanol–water partition coefficient (Wildman–Crippen LogP) is 5.98. The predicted molar refractivity (Wildman–Crippen MR) is 133 cm³/mol. The van der Waals surface area contributed by atoms with Gasteiger partial charge in [0.1, 0.15) is 0 Å². The third kappa shape index (κ3) is 20.4. The van der Waals surface area contributed by atoms with Crippen molar-refractivity contribution in [3.05, 3.63) is 12.2 Å². The second kappa shape index (κ2) is 21.4. The van der Waals surface area contributed by atoms with E-state index in [-0.39, 0.29) is 5.91 Å². The lowest BCUT2D eigenvalue weighted by Crippen LogP contribution is -2.34. The Balaban J connectivity index is 3.88. The minimum absolute atomic E-state index is 0.190. The fraction of sp³-hybridized carbons (Fsp3) is 0.885. The molecule has 0 spiro atoms. The average Bonchev–Trinajstić information content (AvgIpc) is 2.69. The molecule has 0 rings (SSSR count). The summed E-state index contributed by atoms with van der Waals surface area (Å²) in [6.07, 6.45) is 22.1. The van der Waals surface area contributed by atoms with E-state index in [9.17, 15) is 4.79 Å². The molecular formula is C26H53N3O. The van der Waals surface area contributed by atoms with Gasteiger partial charge in [-0.25, -0.2) is 0 Å². The van der Waals surface area contributed by atoms with Crippen molar-refractivity contribution in [1.29, 1.82) is 0 Å². The Morgan fingerprint density at radius 2 is 1.03 bits per heavy atom. The van der Waals surface area contributed by atoms with Crippen LogP contribution < -0.4 is 0 Å². The first kappa shape index (κ1) is 29.1. The maximum absolute atomic E-state index is 12.6. The summed E-state index contributed by atoms with van der Waals surface area (Å²) >= 11 is 0. The zero-order chi connectivity index (χ0) is 22.5. The third-order valence-electron chi connectivity index (χ3n) is 5.61. The van der Waals surface area contributed by atoms with Crippen LogP contribution in [0.2, 0.25) is 0 Å². The summed E-state index contributed by atoms with van der Waals surface area (Å²) in [5, 5.41) is 0. The van der Waals surface area contributed by atoms with Gasteiger partial charge in [0.15, 0.2) is 0 Å². The number of hydrogen-bond acceptors (Lipinski definition) is 3. The fourth-order valence-corrected chi connectivity index (χ4v) is 3.70. The second-order valence-corrected chi connectivity index (χ2v) is 9.37. The van der Waals surface area contributed by atoms with Crippen molar-refractivity contribution in [2.24, 2.45) is 0 Å². The van der Waals surface area contributed by atoms with E-state index >= 15 is 0 Å². The molecule has 0 fully saturated rings. The van der Waals surface area contributed by atoms with Crippen molar-refractivity contribution >= 4 is 5.91 Å². The number of allylic oxidation sites excluding steroid dienone is 1. The lowest BCUT2D eigenvalue weighted by Gasteiger charge is -2.23. The SMILES string of the molecule is CCCCCCCCCCCCC/C=C/C(=O)N(CCCN(C)C)CCCN(C)C. The highest BCUT2D eigenvalue weighted by Crippen LogP contribution is 2.12. The van der Waals surface area contributed by atoms with Crippen LogP contribution in [0.3, 0.4) is 0 Å². The molecule has 0 aromatic carbocycles. The summed E-state index contributed by atoms with van der Waals surface area (Å²) in [5.74, 6) is 0.190. The van der Waals surface area contributed by atoms with E-state index in [2.05, 4.69) is 51.0 Å². The van der Waals surface area contributed by atoms with Crippen LogP contribution in [0.1, 0.15) is 96.8 Å². The molecule has 0 aromatic heterocycles. The van der Waals surface area contributed by atoms with E-state index in [1.165, 1.54) is 70.6 Å². The van der Waals surface area contributed by atoms with Crippen molar-refractivity contribution in [3.8, 4) is 0 Å². The van der Waals surface area contributed by atoms with Gasteiger partial charge in [0.05, 0.1) is 0 Å². The molecule has 30 heavy (non-hydrogen) atoms. The normalized spacial score (nSPS) is 11.8. The lowest BCUT2D eigenvalue weighted by molar-refractivity contribution is -0.126. The summed E-state index contributed by atoms with van der Waals surface area (Å²) in [7, 11) is 8.36. The van der Waals surface area contributed by atoms with Gasteiger partial charge >= 0.3 is 0 Å². The van der Waals surface area contributed by atoms with Gasteiger partial charge in [0.25, 0.3) is 0 Å². The maximum atomic E-state index is 12.6. The zero-order valence-electron chi connectivity index (χ0n) is 21.1. The number of carbonyl (C=O) groups excluding carboxylic acids is 1. The van der Waals surface area contributed by atoms with Crippen LogP contribution in [-0.2, 0) is 4.79 Å². The van der Waals surface area contributed by atoms with Gasteiger partial charge in [-0.15, -0.1) is 0 Å². The molecule has 0 saturated heterocycles. The Kier molecular flexibility index (Phi) is 20.7. The highest BCUT2D eigenvalue weighted by molar-refractivity contribution is 5.87. The molecule has 0 unspecified atom stereocenters. The standard InChI is InChI=1S/C26H53N3O/c1-6-7-8-9-10-11-12-13-14-15-16-17-18-21-26(30)29(24-19-22-27(2)3)25-20-23-28(4)5/h18,21H,6-17,19-20,22-25H2,1-5H3/b21-18+. The van der Waals surface area contributed by atoms with Crippen LogP contribution in [0.4, 0.5) is 0 Å². The smallest absolute Gasteiger partial charge is 0.246 e. The Morgan fingerprint density at radius 3 is 1.47 bits per heavy atom. The quantitative estimate of drug-likeness (QED) is 0.168. The first-order valence-corrected chi connectivity index (χ1v) is 12.7. The minimum atomic E-state index is 0.190. The molecule has 0 aliphatic carbocycles. The van der Waals surface area contributed by atoms with Gasteiger partial charge < -0.3 is 14.7 Å². The monoisotopic (exact) mass is 423 g/mol. The van der Waals surface area contributed by atoms with E-state index in [0.717, 1.165) is 45.4 Å². The van der Waals surface area contributed by atoms with Crippen molar-refractivity contribution in [3.63, 3.8) is 0 Å². The molecule has 0 saturated carbocycles. The number of rotatable bonds is 21. The highest BCUT2D eigenvalue weighted by Gasteiger charge is 2.10. The summed E-state index contributed by atoms with van der Waals surface area (Å²) in [6, 6.07) is 0. The molecule has 0 aliphatic rings. The van der Waals surface area contributed by atoms with Crippen molar-refractivity contribution in [1.82, 2.24) is 14.7 Å². The molecule has 0 bridgehead atoms. The Labute approximate surface area is 189 Å². The summed E-state index contributed by atoms with van der Waals surface area (Å²) < 4.78 is 0. The number of carbonyl (C=O) groups is 1. The van der Waals surface area contributed by atoms with Crippen molar-refractivity contribution < 1.29 is 4.79 Å². The zero-order valence-corrected chi connectivity index (χ0v) is 21.1. The number of unbranched alkanes of at least 4 members (excludes halogenated alkanes) is 11. The molecule has 4 heteroatoms. The molecule has 4 nitrogen and oxygen atoms in total. The maximum Gasteiger partial charge on any atom is 0.246 e. The van der Waals surface area contributed by atoms with E-state index < -0.39 is 0 Å². The van der Waals surface area contributed by atoms with Crippen molar-refractivity contribution in [2.75, 3.05) is 54.4 Å². The number of nitrogens with zero attached hydrogens (tertiary/aromatic N) is 3.